The number of nitrogen functional groups attached to an aromatic ring is 1. The van der Waals surface area contributed by atoms with Crippen LogP contribution in [-0.2, 0) is 6.42 Å². The lowest BCUT2D eigenvalue weighted by Gasteiger charge is -1.90. The third kappa shape index (κ3) is 1.99. The number of aromatic amines is 1. The molecule has 0 atom stereocenters. The highest BCUT2D eigenvalue weighted by molar-refractivity contribution is 7.13. The predicted octanol–water partition coefficient (Wildman–Crippen LogP) is 2.85. The lowest BCUT2D eigenvalue weighted by atomic mass is 10.3. The summed E-state index contributed by atoms with van der Waals surface area (Å²) in [6, 6.07) is 5.68. The molecule has 3 N–H and O–H groups in total. The Balaban J connectivity index is 1.98. The summed E-state index contributed by atoms with van der Waals surface area (Å²) in [4.78, 5) is 11.9. The Hall–Kier alpha value is -1.59. The molecule has 0 aliphatic carbocycles. The largest absolute Gasteiger partial charge is 0.375 e. The maximum absolute atomic E-state index is 6.06. The van der Waals surface area contributed by atoms with Crippen molar-refractivity contribution in [3.8, 4) is 0 Å². The molecule has 4 nitrogen and oxygen atoms in total. The van der Waals surface area contributed by atoms with Crippen LogP contribution in [0.15, 0.2) is 23.6 Å². The molecule has 0 unspecified atom stereocenters. The van der Waals surface area contributed by atoms with Crippen molar-refractivity contribution in [3.63, 3.8) is 0 Å². The molecule has 6 heteroatoms. The van der Waals surface area contributed by atoms with Crippen LogP contribution < -0.4 is 5.73 Å². The highest BCUT2D eigenvalue weighted by Gasteiger charge is 2.08. The zero-order valence-electron chi connectivity index (χ0n) is 8.77. The second-order valence-electron chi connectivity index (χ2n) is 3.67. The van der Waals surface area contributed by atoms with E-state index in [0.717, 1.165) is 22.6 Å². The molecular weight excluding hydrogens is 256 g/mol. The molecule has 2 aromatic heterocycles. The number of aromatic nitrogens is 3. The first-order valence-corrected chi connectivity index (χ1v) is 6.31. The van der Waals surface area contributed by atoms with Crippen molar-refractivity contribution in [2.24, 2.45) is 0 Å². The lowest BCUT2D eigenvalue weighted by molar-refractivity contribution is 1.00. The minimum absolute atomic E-state index is 0.578. The van der Waals surface area contributed by atoms with Crippen molar-refractivity contribution < 1.29 is 0 Å². The fourth-order valence-corrected chi connectivity index (χ4v) is 2.49. The summed E-state index contributed by atoms with van der Waals surface area (Å²) in [5, 5.41) is 3.17. The number of para-hydroxylation sites is 1. The third-order valence-corrected chi connectivity index (χ3v) is 3.46. The Morgan fingerprint density at radius 3 is 2.94 bits per heavy atom. The average molecular weight is 265 g/mol. The van der Waals surface area contributed by atoms with E-state index in [9.17, 15) is 0 Å². The molecular formula is C11H9ClN4S. The van der Waals surface area contributed by atoms with Crippen LogP contribution in [-0.4, -0.2) is 15.0 Å². The van der Waals surface area contributed by atoms with Crippen LogP contribution in [0.1, 0.15) is 11.5 Å². The van der Waals surface area contributed by atoms with E-state index in [1.54, 1.807) is 0 Å². The summed E-state index contributed by atoms with van der Waals surface area (Å²) in [5.74, 6) is 0.846. The van der Waals surface area contributed by atoms with Crippen LogP contribution in [0.4, 0.5) is 5.13 Å². The molecule has 2 heterocycles. The summed E-state index contributed by atoms with van der Waals surface area (Å²) in [7, 11) is 0. The van der Waals surface area contributed by atoms with Gasteiger partial charge < -0.3 is 10.7 Å². The number of imidazole rings is 1. The van der Waals surface area contributed by atoms with E-state index in [2.05, 4.69) is 15.0 Å². The standard InChI is InChI=1S/C11H9ClN4S/c12-7-2-1-3-8-10(7)16-9(15-8)4-6-5-17-11(13)14-6/h1-3,5H,4H2,(H2,13,14)(H,15,16). The van der Waals surface area contributed by atoms with Gasteiger partial charge in [0.25, 0.3) is 0 Å². The van der Waals surface area contributed by atoms with Gasteiger partial charge in [0.15, 0.2) is 5.13 Å². The van der Waals surface area contributed by atoms with Gasteiger partial charge in [-0.05, 0) is 12.1 Å². The number of nitrogens with two attached hydrogens (primary N) is 1. The molecule has 3 rings (SSSR count). The van der Waals surface area contributed by atoms with Gasteiger partial charge in [0.1, 0.15) is 11.3 Å². The van der Waals surface area contributed by atoms with Crippen LogP contribution in [0.2, 0.25) is 5.02 Å². The fraction of sp³-hybridized carbons (Fsp3) is 0.0909. The summed E-state index contributed by atoms with van der Waals surface area (Å²) >= 11 is 7.49. The zero-order valence-corrected chi connectivity index (χ0v) is 10.3. The van der Waals surface area contributed by atoms with Crippen LogP contribution in [0.3, 0.4) is 0 Å². The number of anilines is 1. The number of benzene rings is 1. The number of rotatable bonds is 2. The number of nitrogens with zero attached hydrogens (tertiary/aromatic N) is 2. The number of hydrogen-bond donors (Lipinski definition) is 2. The highest BCUT2D eigenvalue weighted by Crippen LogP contribution is 2.22. The predicted molar refractivity (Wildman–Crippen MR) is 70.4 cm³/mol. The van der Waals surface area contributed by atoms with E-state index >= 15 is 0 Å². The molecule has 17 heavy (non-hydrogen) atoms. The molecule has 0 saturated heterocycles. The van der Waals surface area contributed by atoms with Crippen molar-refractivity contribution in [3.05, 3.63) is 40.1 Å². The Morgan fingerprint density at radius 2 is 2.24 bits per heavy atom. The first-order chi connectivity index (χ1) is 8.22. The van der Waals surface area contributed by atoms with Crippen molar-refractivity contribution in [1.82, 2.24) is 15.0 Å². The van der Waals surface area contributed by atoms with Crippen molar-refractivity contribution in [2.45, 2.75) is 6.42 Å². The molecule has 0 amide bonds. The topological polar surface area (TPSA) is 67.6 Å². The number of H-pyrrole nitrogens is 1. The first-order valence-electron chi connectivity index (χ1n) is 5.05. The van der Waals surface area contributed by atoms with E-state index in [1.807, 2.05) is 23.6 Å². The van der Waals surface area contributed by atoms with Gasteiger partial charge >= 0.3 is 0 Å². The summed E-state index contributed by atoms with van der Waals surface area (Å²) < 4.78 is 0. The number of halogens is 1. The summed E-state index contributed by atoms with van der Waals surface area (Å²) in [6.45, 7) is 0. The molecule has 1 aromatic carbocycles. The van der Waals surface area contributed by atoms with Crippen LogP contribution in [0, 0.1) is 0 Å². The van der Waals surface area contributed by atoms with Gasteiger partial charge in [-0.1, -0.05) is 17.7 Å². The van der Waals surface area contributed by atoms with E-state index in [-0.39, 0.29) is 0 Å². The number of nitrogens with one attached hydrogen (secondary N) is 1. The average Bonchev–Trinajstić information content (AvgIpc) is 2.86. The second kappa shape index (κ2) is 4.01. The molecule has 0 radical (unpaired) electrons. The molecule has 3 aromatic rings. The smallest absolute Gasteiger partial charge is 0.180 e. The summed E-state index contributed by atoms with van der Waals surface area (Å²) in [6.07, 6.45) is 0.638. The van der Waals surface area contributed by atoms with Gasteiger partial charge in [-0.25, -0.2) is 9.97 Å². The van der Waals surface area contributed by atoms with E-state index in [0.29, 0.717) is 16.6 Å². The molecule has 86 valence electrons. The Morgan fingerprint density at radius 1 is 1.35 bits per heavy atom. The molecule has 0 fully saturated rings. The first kappa shape index (κ1) is 10.6. The molecule has 0 saturated carbocycles. The quantitative estimate of drug-likeness (QED) is 0.748. The highest BCUT2D eigenvalue weighted by atomic mass is 35.5. The van der Waals surface area contributed by atoms with Gasteiger partial charge in [0.05, 0.1) is 16.2 Å². The van der Waals surface area contributed by atoms with Gasteiger partial charge in [-0.15, -0.1) is 11.3 Å². The Labute approximate surface area is 106 Å². The third-order valence-electron chi connectivity index (χ3n) is 2.43. The summed E-state index contributed by atoms with van der Waals surface area (Å²) in [5.41, 5.74) is 8.25. The van der Waals surface area contributed by atoms with Crippen LogP contribution in [0.25, 0.3) is 11.0 Å². The van der Waals surface area contributed by atoms with Crippen LogP contribution >= 0.6 is 22.9 Å². The number of thiazole rings is 1. The van der Waals surface area contributed by atoms with Gasteiger partial charge in [-0.2, -0.15) is 0 Å². The Bertz CT molecular complexity index is 673. The minimum atomic E-state index is 0.578. The number of hydrogen-bond acceptors (Lipinski definition) is 4. The normalized spacial score (nSPS) is 11.1. The van der Waals surface area contributed by atoms with Crippen molar-refractivity contribution in [2.75, 3.05) is 5.73 Å². The van der Waals surface area contributed by atoms with Gasteiger partial charge in [0, 0.05) is 11.8 Å². The molecule has 0 aliphatic heterocycles. The second-order valence-corrected chi connectivity index (χ2v) is 4.97. The molecule has 0 aliphatic rings. The zero-order chi connectivity index (χ0) is 11.8. The van der Waals surface area contributed by atoms with E-state index in [1.165, 1.54) is 11.3 Å². The monoisotopic (exact) mass is 264 g/mol. The van der Waals surface area contributed by atoms with Crippen LogP contribution in [0.5, 0.6) is 0 Å². The van der Waals surface area contributed by atoms with Crippen molar-refractivity contribution in [1.29, 1.82) is 0 Å². The van der Waals surface area contributed by atoms with Gasteiger partial charge in [0.2, 0.25) is 0 Å². The fourth-order valence-electron chi connectivity index (χ4n) is 1.71. The SMILES string of the molecule is Nc1nc(Cc2nc3c(Cl)cccc3[nH]2)cs1. The number of fused-ring (bicyclic) bond motifs is 1. The Kier molecular flexibility index (Phi) is 2.49. The van der Waals surface area contributed by atoms with E-state index < -0.39 is 0 Å². The molecule has 0 spiro atoms. The lowest BCUT2D eigenvalue weighted by Crippen LogP contribution is -1.91. The maximum Gasteiger partial charge on any atom is 0.180 e. The molecule has 0 bridgehead atoms. The van der Waals surface area contributed by atoms with Gasteiger partial charge in [-0.3, -0.25) is 0 Å². The van der Waals surface area contributed by atoms with E-state index in [4.69, 9.17) is 17.3 Å². The maximum atomic E-state index is 6.06. The van der Waals surface area contributed by atoms with Crippen molar-refractivity contribution >= 4 is 39.1 Å². The minimum Gasteiger partial charge on any atom is -0.375 e.